The second-order valence-electron chi connectivity index (χ2n) is 4.47. The Morgan fingerprint density at radius 3 is 2.75 bits per heavy atom. The predicted molar refractivity (Wildman–Crippen MR) is 73.5 cm³/mol. The first-order chi connectivity index (χ1) is 9.36. The zero-order valence-electron chi connectivity index (χ0n) is 11.5. The lowest BCUT2D eigenvalue weighted by molar-refractivity contribution is -0.386. The number of pyridine rings is 1. The fourth-order valence-electron chi connectivity index (χ4n) is 1.98. The zero-order valence-corrected chi connectivity index (χ0v) is 11.5. The van der Waals surface area contributed by atoms with Crippen molar-refractivity contribution < 1.29 is 14.8 Å². The van der Waals surface area contributed by atoms with E-state index in [2.05, 4.69) is 11.6 Å². The molecule has 0 aliphatic heterocycles. The van der Waals surface area contributed by atoms with Gasteiger partial charge in [0.05, 0.1) is 17.2 Å². The Bertz CT molecular complexity index is 543. The summed E-state index contributed by atoms with van der Waals surface area (Å²) in [6.07, 6.45) is 3.02. The van der Waals surface area contributed by atoms with E-state index in [1.54, 1.807) is 24.8 Å². The summed E-state index contributed by atoms with van der Waals surface area (Å²) in [6, 6.07) is 0. The molecule has 0 aromatic carbocycles. The Morgan fingerprint density at radius 2 is 2.25 bits per heavy atom. The number of hydrogen-bond donors (Lipinski definition) is 1. The molecule has 20 heavy (non-hydrogen) atoms. The van der Waals surface area contributed by atoms with E-state index in [4.69, 9.17) is 5.11 Å². The number of aryl methyl sites for hydroxylation is 1. The number of hydrogen-bond acceptors (Lipinski definition) is 5. The van der Waals surface area contributed by atoms with Crippen LogP contribution in [0.2, 0.25) is 0 Å². The van der Waals surface area contributed by atoms with Crippen LogP contribution in [0.1, 0.15) is 16.8 Å². The zero-order chi connectivity index (χ0) is 15.3. The predicted octanol–water partition coefficient (Wildman–Crippen LogP) is 1.68. The molecule has 0 amide bonds. The summed E-state index contributed by atoms with van der Waals surface area (Å²) >= 11 is 0. The van der Waals surface area contributed by atoms with E-state index >= 15 is 0 Å². The van der Waals surface area contributed by atoms with Gasteiger partial charge < -0.3 is 5.11 Å². The molecule has 7 nitrogen and oxygen atoms in total. The summed E-state index contributed by atoms with van der Waals surface area (Å²) in [7, 11) is 0. The van der Waals surface area contributed by atoms with Crippen molar-refractivity contribution >= 4 is 11.7 Å². The van der Waals surface area contributed by atoms with Crippen molar-refractivity contribution in [3.05, 3.63) is 45.8 Å². The van der Waals surface area contributed by atoms with Crippen LogP contribution in [0, 0.1) is 24.0 Å². The molecular formula is C13H17N3O4. The summed E-state index contributed by atoms with van der Waals surface area (Å²) in [6.45, 7) is 7.25. The van der Waals surface area contributed by atoms with E-state index in [-0.39, 0.29) is 18.8 Å². The van der Waals surface area contributed by atoms with Crippen molar-refractivity contribution in [2.24, 2.45) is 0 Å². The van der Waals surface area contributed by atoms with Crippen LogP contribution in [0.15, 0.2) is 18.9 Å². The van der Waals surface area contributed by atoms with E-state index < -0.39 is 10.9 Å². The van der Waals surface area contributed by atoms with E-state index in [1.807, 2.05) is 0 Å². The fourth-order valence-corrected chi connectivity index (χ4v) is 1.98. The summed E-state index contributed by atoms with van der Waals surface area (Å²) in [5.74, 6) is -0.967. The molecule has 0 spiro atoms. The highest BCUT2D eigenvalue weighted by atomic mass is 16.6. The maximum Gasteiger partial charge on any atom is 0.317 e. The molecular weight excluding hydrogens is 262 g/mol. The van der Waals surface area contributed by atoms with Crippen LogP contribution in [-0.2, 0) is 11.3 Å². The first kappa shape index (κ1) is 15.8. The first-order valence-electron chi connectivity index (χ1n) is 6.01. The molecule has 108 valence electrons. The quantitative estimate of drug-likeness (QED) is 0.463. The molecule has 0 aliphatic rings. The summed E-state index contributed by atoms with van der Waals surface area (Å²) in [5.41, 5.74) is 1.49. The van der Waals surface area contributed by atoms with Crippen LogP contribution in [-0.4, -0.2) is 39.0 Å². The van der Waals surface area contributed by atoms with Gasteiger partial charge in [-0.15, -0.1) is 6.58 Å². The smallest absolute Gasteiger partial charge is 0.317 e. The van der Waals surface area contributed by atoms with Gasteiger partial charge in [-0.3, -0.25) is 24.8 Å². The number of carboxylic acid groups (broad SMARTS) is 1. The molecule has 1 heterocycles. The largest absolute Gasteiger partial charge is 0.480 e. The number of carboxylic acids is 1. The molecule has 0 bridgehead atoms. The number of nitrogens with zero attached hydrogens (tertiary/aromatic N) is 3. The van der Waals surface area contributed by atoms with Gasteiger partial charge in [0.15, 0.2) is 0 Å². The van der Waals surface area contributed by atoms with Crippen molar-refractivity contribution in [2.75, 3.05) is 13.1 Å². The molecule has 1 rings (SSSR count). The number of rotatable bonds is 7. The Morgan fingerprint density at radius 1 is 1.60 bits per heavy atom. The summed E-state index contributed by atoms with van der Waals surface area (Å²) < 4.78 is 0. The highest BCUT2D eigenvalue weighted by molar-refractivity contribution is 5.69. The Kier molecular flexibility index (Phi) is 5.33. The lowest BCUT2D eigenvalue weighted by Gasteiger charge is -2.19. The van der Waals surface area contributed by atoms with E-state index in [0.29, 0.717) is 23.4 Å². The number of nitro groups is 1. The SMILES string of the molecule is C=CCN(CC(=O)O)Cc1ncc(C)c([N+](=O)[O-])c1C. The third kappa shape index (κ3) is 3.86. The maximum absolute atomic E-state index is 11.0. The number of aliphatic carboxylic acids is 1. The fraction of sp³-hybridized carbons (Fsp3) is 0.385. The van der Waals surface area contributed by atoms with Gasteiger partial charge in [-0.25, -0.2) is 0 Å². The van der Waals surface area contributed by atoms with Gasteiger partial charge in [0.2, 0.25) is 0 Å². The van der Waals surface area contributed by atoms with Gasteiger partial charge in [0.1, 0.15) is 0 Å². The molecule has 0 aliphatic carbocycles. The highest BCUT2D eigenvalue weighted by Gasteiger charge is 2.20. The lowest BCUT2D eigenvalue weighted by atomic mass is 10.1. The molecule has 0 radical (unpaired) electrons. The maximum atomic E-state index is 11.0. The van der Waals surface area contributed by atoms with Gasteiger partial charge in [0, 0.05) is 30.4 Å². The monoisotopic (exact) mass is 279 g/mol. The van der Waals surface area contributed by atoms with Crippen LogP contribution >= 0.6 is 0 Å². The van der Waals surface area contributed by atoms with Crippen LogP contribution < -0.4 is 0 Å². The molecule has 0 unspecified atom stereocenters. The Labute approximate surface area is 116 Å². The molecule has 0 atom stereocenters. The minimum Gasteiger partial charge on any atom is -0.480 e. The molecule has 1 N–H and O–H groups in total. The van der Waals surface area contributed by atoms with E-state index in [0.717, 1.165) is 0 Å². The Balaban J connectivity index is 3.07. The standard InChI is InChI=1S/C13H17N3O4/c1-4-5-15(8-12(17)18)7-11-10(3)13(16(19)20)9(2)6-14-11/h4,6H,1,5,7-8H2,2-3H3,(H,17,18). The Hall–Kier alpha value is -2.28. The van der Waals surface area contributed by atoms with Crippen molar-refractivity contribution in [1.82, 2.24) is 9.88 Å². The van der Waals surface area contributed by atoms with E-state index in [9.17, 15) is 14.9 Å². The van der Waals surface area contributed by atoms with Gasteiger partial charge in [0.25, 0.3) is 5.69 Å². The normalized spacial score (nSPS) is 10.6. The van der Waals surface area contributed by atoms with E-state index in [1.165, 1.54) is 6.20 Å². The molecule has 0 saturated carbocycles. The van der Waals surface area contributed by atoms with Gasteiger partial charge in [-0.05, 0) is 13.8 Å². The van der Waals surface area contributed by atoms with Crippen LogP contribution in [0.3, 0.4) is 0 Å². The highest BCUT2D eigenvalue weighted by Crippen LogP contribution is 2.24. The molecule has 7 heteroatoms. The van der Waals surface area contributed by atoms with Crippen molar-refractivity contribution in [3.8, 4) is 0 Å². The van der Waals surface area contributed by atoms with Crippen molar-refractivity contribution in [1.29, 1.82) is 0 Å². The number of carbonyl (C=O) groups is 1. The topological polar surface area (TPSA) is 96.6 Å². The third-order valence-corrected chi connectivity index (χ3v) is 2.88. The minimum atomic E-state index is -0.967. The van der Waals surface area contributed by atoms with Crippen LogP contribution in [0.25, 0.3) is 0 Å². The number of aromatic nitrogens is 1. The molecule has 1 aromatic rings. The molecule has 0 saturated heterocycles. The molecule has 0 fully saturated rings. The minimum absolute atomic E-state index is 0.0314. The van der Waals surface area contributed by atoms with Gasteiger partial charge in [-0.1, -0.05) is 6.08 Å². The first-order valence-corrected chi connectivity index (χ1v) is 6.01. The van der Waals surface area contributed by atoms with Gasteiger partial charge >= 0.3 is 5.97 Å². The van der Waals surface area contributed by atoms with Crippen molar-refractivity contribution in [3.63, 3.8) is 0 Å². The lowest BCUT2D eigenvalue weighted by Crippen LogP contribution is -2.30. The van der Waals surface area contributed by atoms with Gasteiger partial charge in [-0.2, -0.15) is 0 Å². The second-order valence-corrected chi connectivity index (χ2v) is 4.47. The average molecular weight is 279 g/mol. The summed E-state index contributed by atoms with van der Waals surface area (Å²) in [4.78, 5) is 27.2. The summed E-state index contributed by atoms with van der Waals surface area (Å²) in [5, 5.41) is 19.9. The second kappa shape index (κ2) is 6.76. The third-order valence-electron chi connectivity index (χ3n) is 2.88. The van der Waals surface area contributed by atoms with Crippen molar-refractivity contribution in [2.45, 2.75) is 20.4 Å². The van der Waals surface area contributed by atoms with Crippen LogP contribution in [0.5, 0.6) is 0 Å². The van der Waals surface area contributed by atoms with Crippen LogP contribution in [0.4, 0.5) is 5.69 Å². The average Bonchev–Trinajstić information content (AvgIpc) is 2.32. The molecule has 1 aromatic heterocycles.